The van der Waals surface area contributed by atoms with Crippen molar-refractivity contribution < 1.29 is 19.0 Å². The number of hydrogen-bond donors (Lipinski definition) is 3. The molecule has 1 amide bonds. The summed E-state index contributed by atoms with van der Waals surface area (Å²) in [6, 6.07) is 14.3. The molecule has 0 radical (unpaired) electrons. The number of hydrogen-bond acceptors (Lipinski definition) is 5. The SMILES string of the molecule is COc1ccc(OC)c(NC(=S)N[C@H](NC(=O)OCc2ccccc2)C(Cl)(Cl)Cl)c1. The van der Waals surface area contributed by atoms with Crippen LogP contribution in [0.2, 0.25) is 0 Å². The lowest BCUT2D eigenvalue weighted by atomic mass is 10.2. The van der Waals surface area contributed by atoms with E-state index in [1.807, 2.05) is 30.3 Å². The van der Waals surface area contributed by atoms with E-state index in [2.05, 4.69) is 16.0 Å². The van der Waals surface area contributed by atoms with E-state index in [-0.39, 0.29) is 11.7 Å². The van der Waals surface area contributed by atoms with Gasteiger partial charge in [0.25, 0.3) is 0 Å². The summed E-state index contributed by atoms with van der Waals surface area (Å²) in [7, 11) is 3.05. The Morgan fingerprint density at radius 2 is 1.77 bits per heavy atom. The van der Waals surface area contributed by atoms with E-state index >= 15 is 0 Å². The van der Waals surface area contributed by atoms with Crippen molar-refractivity contribution in [3.63, 3.8) is 0 Å². The average Bonchev–Trinajstić information content (AvgIpc) is 2.71. The summed E-state index contributed by atoms with van der Waals surface area (Å²) >= 11 is 23.2. The Morgan fingerprint density at radius 3 is 2.37 bits per heavy atom. The fourth-order valence-corrected chi connectivity index (χ4v) is 2.84. The second-order valence-electron chi connectivity index (χ2n) is 5.85. The minimum absolute atomic E-state index is 0.0585. The highest BCUT2D eigenvalue weighted by Crippen LogP contribution is 2.31. The van der Waals surface area contributed by atoms with E-state index in [1.54, 1.807) is 18.2 Å². The summed E-state index contributed by atoms with van der Waals surface area (Å²) in [4.78, 5) is 12.1. The number of ether oxygens (including phenoxy) is 3. The Labute approximate surface area is 194 Å². The van der Waals surface area contributed by atoms with Gasteiger partial charge in [0.2, 0.25) is 3.79 Å². The molecule has 2 aromatic rings. The van der Waals surface area contributed by atoms with Crippen LogP contribution in [0.5, 0.6) is 11.5 Å². The third-order valence-corrected chi connectivity index (χ3v) is 4.61. The standard InChI is InChI=1S/C19H20Cl3N3O4S/c1-27-13-8-9-15(28-2)14(10-13)23-17(30)24-16(19(20,21)22)25-18(26)29-11-12-6-4-3-5-7-12/h3-10,16H,11H2,1-2H3,(H,25,26)(H2,23,24,30)/t16-/m1/s1. The molecular weight excluding hydrogens is 473 g/mol. The molecule has 11 heteroatoms. The third-order valence-electron chi connectivity index (χ3n) is 3.73. The molecule has 2 aromatic carbocycles. The summed E-state index contributed by atoms with van der Waals surface area (Å²) in [5.41, 5.74) is 1.33. The molecular formula is C19H20Cl3N3O4S. The second kappa shape index (κ2) is 11.3. The van der Waals surface area contributed by atoms with E-state index in [9.17, 15) is 4.79 Å². The molecule has 0 aromatic heterocycles. The van der Waals surface area contributed by atoms with E-state index in [4.69, 9.17) is 61.2 Å². The van der Waals surface area contributed by atoms with Crippen molar-refractivity contribution in [3.05, 3.63) is 54.1 Å². The molecule has 30 heavy (non-hydrogen) atoms. The van der Waals surface area contributed by atoms with Crippen molar-refractivity contribution in [2.45, 2.75) is 16.6 Å². The lowest BCUT2D eigenvalue weighted by Crippen LogP contribution is -2.56. The molecule has 0 heterocycles. The van der Waals surface area contributed by atoms with Gasteiger partial charge in [-0.3, -0.25) is 5.32 Å². The highest BCUT2D eigenvalue weighted by Gasteiger charge is 2.35. The monoisotopic (exact) mass is 491 g/mol. The van der Waals surface area contributed by atoms with Crippen LogP contribution < -0.4 is 25.4 Å². The maximum absolute atomic E-state index is 12.1. The summed E-state index contributed by atoms with van der Waals surface area (Å²) in [6.45, 7) is 0.0585. The predicted molar refractivity (Wildman–Crippen MR) is 123 cm³/mol. The zero-order valence-electron chi connectivity index (χ0n) is 16.1. The molecule has 0 aliphatic carbocycles. The van der Waals surface area contributed by atoms with Gasteiger partial charge in [-0.2, -0.15) is 0 Å². The maximum atomic E-state index is 12.1. The van der Waals surface area contributed by atoms with Crippen molar-refractivity contribution in [3.8, 4) is 11.5 Å². The number of rotatable bonds is 7. The number of benzene rings is 2. The van der Waals surface area contributed by atoms with Gasteiger partial charge in [0, 0.05) is 6.07 Å². The zero-order valence-corrected chi connectivity index (χ0v) is 19.2. The first kappa shape index (κ1) is 24.1. The summed E-state index contributed by atoms with van der Waals surface area (Å²) in [6.07, 6.45) is -1.97. The molecule has 0 saturated heterocycles. The fourth-order valence-electron chi connectivity index (χ4n) is 2.28. The summed E-state index contributed by atoms with van der Waals surface area (Å²) in [5, 5.41) is 8.17. The Kier molecular flexibility index (Phi) is 9.10. The van der Waals surface area contributed by atoms with Crippen LogP contribution in [0, 0.1) is 0 Å². The number of alkyl carbamates (subject to hydrolysis) is 1. The quantitative estimate of drug-likeness (QED) is 0.296. The van der Waals surface area contributed by atoms with Gasteiger partial charge >= 0.3 is 6.09 Å². The molecule has 0 aliphatic rings. The van der Waals surface area contributed by atoms with Crippen LogP contribution in [0.25, 0.3) is 0 Å². The van der Waals surface area contributed by atoms with Crippen molar-refractivity contribution in [1.82, 2.24) is 10.6 Å². The van der Waals surface area contributed by atoms with E-state index in [0.717, 1.165) is 5.56 Å². The highest BCUT2D eigenvalue weighted by molar-refractivity contribution is 7.80. The first-order valence-electron chi connectivity index (χ1n) is 8.56. The number of amides is 1. The van der Waals surface area contributed by atoms with Gasteiger partial charge in [-0.05, 0) is 29.9 Å². The van der Waals surface area contributed by atoms with Crippen LogP contribution in [0.4, 0.5) is 10.5 Å². The van der Waals surface area contributed by atoms with Crippen LogP contribution in [0.1, 0.15) is 5.56 Å². The number of carbonyl (C=O) groups excluding carboxylic acids is 1. The van der Waals surface area contributed by atoms with Crippen LogP contribution in [-0.4, -0.2) is 35.4 Å². The molecule has 0 fully saturated rings. The molecule has 3 N–H and O–H groups in total. The van der Waals surface area contributed by atoms with Gasteiger partial charge in [-0.15, -0.1) is 0 Å². The third kappa shape index (κ3) is 7.60. The van der Waals surface area contributed by atoms with Crippen molar-refractivity contribution in [2.75, 3.05) is 19.5 Å². The molecule has 2 rings (SSSR count). The summed E-state index contributed by atoms with van der Waals surface area (Å²) < 4.78 is 13.7. The zero-order chi connectivity index (χ0) is 22.1. The molecule has 7 nitrogen and oxygen atoms in total. The van der Waals surface area contributed by atoms with Crippen molar-refractivity contribution in [2.24, 2.45) is 0 Å². The minimum Gasteiger partial charge on any atom is -0.497 e. The van der Waals surface area contributed by atoms with Gasteiger partial charge in [0.15, 0.2) is 11.3 Å². The molecule has 0 aliphatic heterocycles. The van der Waals surface area contributed by atoms with Crippen LogP contribution in [-0.2, 0) is 11.3 Å². The number of methoxy groups -OCH3 is 2. The Balaban J connectivity index is 2.00. The number of alkyl halides is 3. The van der Waals surface area contributed by atoms with Crippen molar-refractivity contribution in [1.29, 1.82) is 0 Å². The van der Waals surface area contributed by atoms with E-state index in [0.29, 0.717) is 17.2 Å². The fraction of sp³-hybridized carbons (Fsp3) is 0.263. The predicted octanol–water partition coefficient (Wildman–Crippen LogP) is 4.61. The van der Waals surface area contributed by atoms with Crippen LogP contribution in [0.3, 0.4) is 0 Å². The van der Waals surface area contributed by atoms with E-state index in [1.165, 1.54) is 14.2 Å². The molecule has 0 unspecified atom stereocenters. The van der Waals surface area contributed by atoms with Gasteiger partial charge in [0.1, 0.15) is 18.1 Å². The van der Waals surface area contributed by atoms with E-state index < -0.39 is 16.1 Å². The highest BCUT2D eigenvalue weighted by atomic mass is 35.6. The first-order chi connectivity index (χ1) is 14.2. The Bertz CT molecular complexity index is 866. The minimum atomic E-state index is -1.92. The largest absolute Gasteiger partial charge is 0.497 e. The molecule has 0 spiro atoms. The van der Waals surface area contributed by atoms with Gasteiger partial charge in [-0.1, -0.05) is 65.1 Å². The van der Waals surface area contributed by atoms with Gasteiger partial charge in [-0.25, -0.2) is 4.79 Å². The van der Waals surface area contributed by atoms with Gasteiger partial charge < -0.3 is 24.8 Å². The van der Waals surface area contributed by atoms with Crippen LogP contribution >= 0.6 is 47.0 Å². The topological polar surface area (TPSA) is 80.9 Å². The molecule has 1 atom stereocenters. The maximum Gasteiger partial charge on any atom is 0.409 e. The number of halogens is 3. The second-order valence-corrected chi connectivity index (χ2v) is 8.62. The molecule has 0 saturated carbocycles. The number of anilines is 1. The normalized spacial score (nSPS) is 11.8. The lowest BCUT2D eigenvalue weighted by Gasteiger charge is -2.27. The number of thiocarbonyl (C=S) groups is 1. The first-order valence-corrected chi connectivity index (χ1v) is 10.1. The van der Waals surface area contributed by atoms with Crippen molar-refractivity contribution >= 4 is 63.9 Å². The molecule has 162 valence electrons. The van der Waals surface area contributed by atoms with Gasteiger partial charge in [0.05, 0.1) is 19.9 Å². The van der Waals surface area contributed by atoms with Crippen LogP contribution in [0.15, 0.2) is 48.5 Å². The smallest absolute Gasteiger partial charge is 0.409 e. The average molecular weight is 493 g/mol. The molecule has 0 bridgehead atoms. The summed E-state index contributed by atoms with van der Waals surface area (Å²) in [5.74, 6) is 1.10. The Morgan fingerprint density at radius 1 is 1.07 bits per heavy atom. The number of nitrogens with one attached hydrogen (secondary N) is 3. The lowest BCUT2D eigenvalue weighted by molar-refractivity contribution is 0.135. The Hall–Kier alpha value is -2.13. The number of carbonyl (C=O) groups is 1.